The molecule has 30 heavy (non-hydrogen) atoms. The molecule has 0 atom stereocenters. The van der Waals surface area contributed by atoms with Crippen LogP contribution >= 0.6 is 0 Å². The predicted octanol–water partition coefficient (Wildman–Crippen LogP) is 2.70. The van der Waals surface area contributed by atoms with Gasteiger partial charge in [-0.3, -0.25) is 19.7 Å². The van der Waals surface area contributed by atoms with Crippen LogP contribution in [0.5, 0.6) is 5.75 Å². The number of Topliss-reactive ketones (excluding diaryl/α,β-unsaturated/α-hetero) is 1. The van der Waals surface area contributed by atoms with E-state index in [1.54, 1.807) is 31.2 Å². The SMILES string of the molecule is CCOC(=O)c1c(NC(=O)COC(=O)Cc2cccc(OC)c2)oc(C)c1C(C)=O. The van der Waals surface area contributed by atoms with Crippen molar-refractivity contribution in [3.8, 4) is 5.75 Å². The maximum absolute atomic E-state index is 12.2. The average Bonchev–Trinajstić information content (AvgIpc) is 3.02. The van der Waals surface area contributed by atoms with Gasteiger partial charge >= 0.3 is 11.9 Å². The lowest BCUT2D eigenvalue weighted by Crippen LogP contribution is -2.23. The molecule has 1 aromatic carbocycles. The smallest absolute Gasteiger partial charge is 0.344 e. The standard InChI is InChI=1S/C21H23NO8/c1-5-28-21(26)19-18(12(2)23)13(3)30-20(19)22-16(24)11-29-17(25)10-14-7-6-8-15(9-14)27-4/h6-9H,5,10-11H2,1-4H3,(H,22,24). The van der Waals surface area contributed by atoms with Crippen molar-refractivity contribution in [1.29, 1.82) is 0 Å². The maximum Gasteiger partial charge on any atom is 0.344 e. The molecule has 0 aliphatic heterocycles. The van der Waals surface area contributed by atoms with Crippen LogP contribution in [-0.4, -0.2) is 44.0 Å². The lowest BCUT2D eigenvalue weighted by atomic mass is 10.1. The molecule has 2 rings (SSSR count). The minimum atomic E-state index is -0.801. The van der Waals surface area contributed by atoms with Crippen LogP contribution in [0.25, 0.3) is 0 Å². The number of amides is 1. The molecular weight excluding hydrogens is 394 g/mol. The molecule has 0 saturated carbocycles. The van der Waals surface area contributed by atoms with E-state index >= 15 is 0 Å². The summed E-state index contributed by atoms with van der Waals surface area (Å²) >= 11 is 0. The number of aryl methyl sites for hydroxylation is 1. The van der Waals surface area contributed by atoms with Gasteiger partial charge < -0.3 is 18.6 Å². The van der Waals surface area contributed by atoms with Gasteiger partial charge in [0.05, 0.1) is 25.7 Å². The van der Waals surface area contributed by atoms with Gasteiger partial charge in [-0.15, -0.1) is 0 Å². The van der Waals surface area contributed by atoms with Gasteiger partial charge in [-0.05, 0) is 38.5 Å². The molecule has 1 N–H and O–H groups in total. The van der Waals surface area contributed by atoms with Crippen molar-refractivity contribution < 1.29 is 37.8 Å². The summed E-state index contributed by atoms with van der Waals surface area (Å²) in [5.74, 6) is -2.04. The Balaban J connectivity index is 2.03. The molecule has 0 spiro atoms. The third-order valence-electron chi connectivity index (χ3n) is 4.02. The second kappa shape index (κ2) is 10.2. The van der Waals surface area contributed by atoms with E-state index in [2.05, 4.69) is 5.32 Å². The molecule has 9 heteroatoms. The van der Waals surface area contributed by atoms with Crippen LogP contribution in [0.3, 0.4) is 0 Å². The fourth-order valence-electron chi connectivity index (χ4n) is 2.76. The van der Waals surface area contributed by atoms with Gasteiger partial charge in [0.2, 0.25) is 5.88 Å². The second-order valence-corrected chi connectivity index (χ2v) is 6.25. The molecule has 0 radical (unpaired) electrons. The monoisotopic (exact) mass is 417 g/mol. The first-order valence-corrected chi connectivity index (χ1v) is 9.16. The van der Waals surface area contributed by atoms with E-state index in [1.165, 1.54) is 21.0 Å². The topological polar surface area (TPSA) is 121 Å². The van der Waals surface area contributed by atoms with Gasteiger partial charge in [-0.25, -0.2) is 4.79 Å². The van der Waals surface area contributed by atoms with E-state index in [1.807, 2.05) is 0 Å². The normalized spacial score (nSPS) is 10.3. The zero-order valence-electron chi connectivity index (χ0n) is 17.2. The molecule has 0 saturated heterocycles. The largest absolute Gasteiger partial charge is 0.497 e. The van der Waals surface area contributed by atoms with Crippen LogP contribution < -0.4 is 10.1 Å². The molecule has 0 bridgehead atoms. The summed E-state index contributed by atoms with van der Waals surface area (Å²) in [5.41, 5.74) is 0.522. The lowest BCUT2D eigenvalue weighted by molar-refractivity contribution is -0.146. The molecule has 0 aliphatic rings. The van der Waals surface area contributed by atoms with E-state index < -0.39 is 30.2 Å². The zero-order valence-corrected chi connectivity index (χ0v) is 17.2. The average molecular weight is 417 g/mol. The lowest BCUT2D eigenvalue weighted by Gasteiger charge is -2.08. The Morgan fingerprint density at radius 2 is 1.83 bits per heavy atom. The number of nitrogens with one attached hydrogen (secondary N) is 1. The second-order valence-electron chi connectivity index (χ2n) is 6.25. The van der Waals surface area contributed by atoms with E-state index in [-0.39, 0.29) is 35.8 Å². The Morgan fingerprint density at radius 3 is 2.47 bits per heavy atom. The number of benzene rings is 1. The molecule has 0 fully saturated rings. The number of carbonyl (C=O) groups is 4. The van der Waals surface area contributed by atoms with Gasteiger partial charge in [0, 0.05) is 0 Å². The first kappa shape index (κ1) is 22.7. The van der Waals surface area contributed by atoms with Crippen LogP contribution in [0.1, 0.15) is 45.9 Å². The number of hydrogen-bond donors (Lipinski definition) is 1. The summed E-state index contributed by atoms with van der Waals surface area (Å²) in [5, 5.41) is 2.35. The van der Waals surface area contributed by atoms with Gasteiger partial charge in [0.25, 0.3) is 5.91 Å². The Kier molecular flexibility index (Phi) is 7.74. The van der Waals surface area contributed by atoms with Crippen LogP contribution in [0.4, 0.5) is 5.88 Å². The van der Waals surface area contributed by atoms with Crippen molar-refractivity contribution in [1.82, 2.24) is 0 Å². The van der Waals surface area contributed by atoms with Crippen molar-refractivity contribution in [2.45, 2.75) is 27.2 Å². The van der Waals surface area contributed by atoms with Crippen molar-refractivity contribution >= 4 is 29.5 Å². The van der Waals surface area contributed by atoms with Crippen molar-refractivity contribution in [3.05, 3.63) is 46.7 Å². The molecule has 160 valence electrons. The number of ether oxygens (including phenoxy) is 3. The van der Waals surface area contributed by atoms with E-state index in [0.29, 0.717) is 11.3 Å². The van der Waals surface area contributed by atoms with E-state index in [4.69, 9.17) is 18.6 Å². The quantitative estimate of drug-likeness (QED) is 0.488. The zero-order chi connectivity index (χ0) is 22.3. The number of esters is 2. The van der Waals surface area contributed by atoms with Gasteiger partial charge in [0.15, 0.2) is 12.4 Å². The molecular formula is C21H23NO8. The third-order valence-corrected chi connectivity index (χ3v) is 4.02. The number of carbonyl (C=O) groups excluding carboxylic acids is 4. The Hall–Kier alpha value is -3.62. The minimum absolute atomic E-state index is 0.0266. The summed E-state index contributed by atoms with van der Waals surface area (Å²) in [6.45, 7) is 3.85. The summed E-state index contributed by atoms with van der Waals surface area (Å²) < 4.78 is 20.4. The highest BCUT2D eigenvalue weighted by molar-refractivity contribution is 6.10. The van der Waals surface area contributed by atoms with Crippen LogP contribution in [0, 0.1) is 6.92 Å². The highest BCUT2D eigenvalue weighted by Gasteiger charge is 2.28. The highest BCUT2D eigenvalue weighted by atomic mass is 16.5. The van der Waals surface area contributed by atoms with Gasteiger partial charge in [-0.1, -0.05) is 12.1 Å². The number of furan rings is 1. The maximum atomic E-state index is 12.2. The van der Waals surface area contributed by atoms with Crippen LogP contribution in [-0.2, 0) is 25.5 Å². The van der Waals surface area contributed by atoms with Crippen molar-refractivity contribution in [2.24, 2.45) is 0 Å². The Labute approximate surface area is 173 Å². The summed E-state index contributed by atoms with van der Waals surface area (Å²) in [4.78, 5) is 48.3. The van der Waals surface area contributed by atoms with Gasteiger partial charge in [0.1, 0.15) is 17.1 Å². The van der Waals surface area contributed by atoms with E-state index in [9.17, 15) is 19.2 Å². The van der Waals surface area contributed by atoms with Crippen LogP contribution in [0.2, 0.25) is 0 Å². The number of rotatable bonds is 9. The number of ketones is 1. The molecule has 1 amide bonds. The minimum Gasteiger partial charge on any atom is -0.497 e. The predicted molar refractivity (Wildman–Crippen MR) is 106 cm³/mol. The van der Waals surface area contributed by atoms with E-state index in [0.717, 1.165) is 0 Å². The van der Waals surface area contributed by atoms with Gasteiger partial charge in [-0.2, -0.15) is 0 Å². The molecule has 1 heterocycles. The summed E-state index contributed by atoms with van der Waals surface area (Å²) in [7, 11) is 1.51. The molecule has 1 aromatic heterocycles. The molecule has 0 aliphatic carbocycles. The molecule has 2 aromatic rings. The first-order valence-electron chi connectivity index (χ1n) is 9.16. The summed E-state index contributed by atoms with van der Waals surface area (Å²) in [6.07, 6.45) is -0.0487. The molecule has 9 nitrogen and oxygen atoms in total. The fourth-order valence-corrected chi connectivity index (χ4v) is 2.76. The number of hydrogen-bond acceptors (Lipinski definition) is 8. The number of methoxy groups -OCH3 is 1. The highest BCUT2D eigenvalue weighted by Crippen LogP contribution is 2.28. The third kappa shape index (κ3) is 5.69. The first-order chi connectivity index (χ1) is 14.3. The van der Waals surface area contributed by atoms with Crippen molar-refractivity contribution in [3.63, 3.8) is 0 Å². The van der Waals surface area contributed by atoms with Crippen LogP contribution in [0.15, 0.2) is 28.7 Å². The Morgan fingerprint density at radius 1 is 1.10 bits per heavy atom. The fraction of sp³-hybridized carbons (Fsp3) is 0.333. The summed E-state index contributed by atoms with van der Waals surface area (Å²) in [6, 6.07) is 6.88. The van der Waals surface area contributed by atoms with Crippen molar-refractivity contribution in [2.75, 3.05) is 25.6 Å². The Bertz CT molecular complexity index is 960. The number of anilines is 1. The molecule has 0 unspecified atom stereocenters.